The van der Waals surface area contributed by atoms with Crippen LogP contribution in [0.15, 0.2) is 65.8 Å². The van der Waals surface area contributed by atoms with Crippen molar-refractivity contribution in [2.24, 2.45) is 0 Å². The molecule has 0 saturated carbocycles. The van der Waals surface area contributed by atoms with Crippen LogP contribution < -0.4 is 10.1 Å². The Kier molecular flexibility index (Phi) is 6.06. The Hall–Kier alpha value is -3.17. The van der Waals surface area contributed by atoms with Crippen LogP contribution in [0, 0.1) is 0 Å². The van der Waals surface area contributed by atoms with E-state index in [-0.39, 0.29) is 16.6 Å². The molecule has 1 aliphatic heterocycles. The van der Waals surface area contributed by atoms with Crippen molar-refractivity contribution >= 4 is 21.6 Å². The fourth-order valence-electron chi connectivity index (χ4n) is 3.59. The Morgan fingerprint density at radius 3 is 2.45 bits per heavy atom. The minimum absolute atomic E-state index is 0.0590. The Bertz CT molecular complexity index is 1150. The Morgan fingerprint density at radius 2 is 1.81 bits per heavy atom. The predicted octanol–water partition coefficient (Wildman–Crippen LogP) is 3.31. The number of methoxy groups -OCH3 is 1. The van der Waals surface area contributed by atoms with Crippen LogP contribution >= 0.6 is 0 Å². The molecule has 1 fully saturated rings. The Morgan fingerprint density at radius 1 is 1.06 bits per heavy atom. The maximum Gasteiger partial charge on any atom is 0.255 e. The lowest BCUT2D eigenvalue weighted by atomic mass is 10.2. The molecular weight excluding hydrogens is 416 g/mol. The van der Waals surface area contributed by atoms with Crippen LogP contribution in [-0.2, 0) is 10.0 Å². The standard InChI is InChI=1S/C22H24N4O4S/c1-30-20-11-8-18(16-21(20)31(28,29)25-13-3-2-4-14-25)24-22(27)17-6-9-19(10-7-17)26-15-5-12-23-26/h5-12,15-16H,2-4,13-14H2,1H3,(H,24,27). The largest absolute Gasteiger partial charge is 0.495 e. The third-order valence-corrected chi connectivity index (χ3v) is 7.17. The van der Waals surface area contributed by atoms with Gasteiger partial charge in [0.15, 0.2) is 0 Å². The zero-order valence-electron chi connectivity index (χ0n) is 17.2. The smallest absolute Gasteiger partial charge is 0.255 e. The van der Waals surface area contributed by atoms with Crippen molar-refractivity contribution in [3.63, 3.8) is 0 Å². The summed E-state index contributed by atoms with van der Waals surface area (Å²) in [6, 6.07) is 13.4. The number of carbonyl (C=O) groups is 1. The minimum Gasteiger partial charge on any atom is -0.495 e. The number of rotatable bonds is 6. The molecule has 162 valence electrons. The van der Waals surface area contributed by atoms with Crippen LogP contribution in [0.4, 0.5) is 5.69 Å². The van der Waals surface area contributed by atoms with Crippen LogP contribution in [0.2, 0.25) is 0 Å². The number of piperidine rings is 1. The normalized spacial score (nSPS) is 14.9. The number of aromatic nitrogens is 2. The summed E-state index contributed by atoms with van der Waals surface area (Å²) < 4.78 is 34.8. The quantitative estimate of drug-likeness (QED) is 0.635. The van der Waals surface area contributed by atoms with Gasteiger partial charge in [0.25, 0.3) is 5.91 Å². The van der Waals surface area contributed by atoms with Gasteiger partial charge >= 0.3 is 0 Å². The molecule has 1 aromatic heterocycles. The van der Waals surface area contributed by atoms with E-state index in [4.69, 9.17) is 4.74 Å². The molecule has 1 saturated heterocycles. The van der Waals surface area contributed by atoms with E-state index in [1.807, 2.05) is 12.3 Å². The lowest BCUT2D eigenvalue weighted by molar-refractivity contribution is 0.102. The molecule has 4 rings (SSSR count). The third-order valence-electron chi connectivity index (χ3n) is 5.25. The molecule has 0 unspecified atom stereocenters. The van der Waals surface area contributed by atoms with E-state index < -0.39 is 10.0 Å². The van der Waals surface area contributed by atoms with Gasteiger partial charge in [-0.1, -0.05) is 6.42 Å². The fraction of sp³-hybridized carbons (Fsp3) is 0.273. The summed E-state index contributed by atoms with van der Waals surface area (Å²) >= 11 is 0. The zero-order valence-corrected chi connectivity index (χ0v) is 18.0. The highest BCUT2D eigenvalue weighted by Gasteiger charge is 2.29. The maximum atomic E-state index is 13.1. The predicted molar refractivity (Wildman–Crippen MR) is 117 cm³/mol. The summed E-state index contributed by atoms with van der Waals surface area (Å²) in [7, 11) is -2.28. The Labute approximate surface area is 181 Å². The first-order valence-electron chi connectivity index (χ1n) is 10.1. The number of nitrogens with zero attached hydrogens (tertiary/aromatic N) is 3. The monoisotopic (exact) mass is 440 g/mol. The molecule has 3 aromatic rings. The van der Waals surface area contributed by atoms with E-state index in [1.54, 1.807) is 47.3 Å². The number of carbonyl (C=O) groups excluding carboxylic acids is 1. The van der Waals surface area contributed by atoms with Gasteiger partial charge in [-0.15, -0.1) is 0 Å². The summed E-state index contributed by atoms with van der Waals surface area (Å²) in [6.07, 6.45) is 6.20. The molecule has 1 aliphatic rings. The van der Waals surface area contributed by atoms with Crippen LogP contribution in [-0.4, -0.2) is 48.6 Å². The highest BCUT2D eigenvalue weighted by Crippen LogP contribution is 2.31. The first-order chi connectivity index (χ1) is 15.0. The minimum atomic E-state index is -3.71. The first-order valence-corrected chi connectivity index (χ1v) is 11.5. The average Bonchev–Trinajstić information content (AvgIpc) is 3.35. The summed E-state index contributed by atoms with van der Waals surface area (Å²) in [6.45, 7) is 0.981. The second kappa shape index (κ2) is 8.91. The maximum absolute atomic E-state index is 13.1. The van der Waals surface area contributed by atoms with E-state index in [9.17, 15) is 13.2 Å². The average molecular weight is 441 g/mol. The van der Waals surface area contributed by atoms with E-state index in [1.165, 1.54) is 17.5 Å². The number of amides is 1. The number of ether oxygens (including phenoxy) is 1. The van der Waals surface area contributed by atoms with Crippen LogP contribution in [0.25, 0.3) is 5.69 Å². The molecule has 2 heterocycles. The Balaban J connectivity index is 1.56. The number of benzene rings is 2. The van der Waals surface area contributed by atoms with E-state index >= 15 is 0 Å². The van der Waals surface area contributed by atoms with Gasteiger partial charge in [-0.25, -0.2) is 13.1 Å². The highest BCUT2D eigenvalue weighted by molar-refractivity contribution is 7.89. The molecule has 2 aromatic carbocycles. The molecule has 0 radical (unpaired) electrons. The molecule has 0 aliphatic carbocycles. The van der Waals surface area contributed by atoms with Crippen LogP contribution in [0.1, 0.15) is 29.6 Å². The second-order valence-corrected chi connectivity index (χ2v) is 9.19. The SMILES string of the molecule is COc1ccc(NC(=O)c2ccc(-n3cccn3)cc2)cc1S(=O)(=O)N1CCCCC1. The van der Waals surface area contributed by atoms with Gasteiger partial charge in [0.05, 0.1) is 12.8 Å². The lowest BCUT2D eigenvalue weighted by Gasteiger charge is -2.26. The highest BCUT2D eigenvalue weighted by atomic mass is 32.2. The summed E-state index contributed by atoms with van der Waals surface area (Å²) in [5.41, 5.74) is 1.67. The van der Waals surface area contributed by atoms with E-state index in [0.29, 0.717) is 24.3 Å². The van der Waals surface area contributed by atoms with Crippen molar-refractivity contribution in [1.82, 2.24) is 14.1 Å². The molecule has 1 N–H and O–H groups in total. The fourth-order valence-corrected chi connectivity index (χ4v) is 5.29. The van der Waals surface area contributed by atoms with Gasteiger partial charge in [-0.3, -0.25) is 4.79 Å². The molecule has 31 heavy (non-hydrogen) atoms. The lowest BCUT2D eigenvalue weighted by Crippen LogP contribution is -2.35. The van der Waals surface area contributed by atoms with Gasteiger partial charge < -0.3 is 10.1 Å². The van der Waals surface area contributed by atoms with Crippen molar-refractivity contribution in [3.8, 4) is 11.4 Å². The molecule has 0 bridgehead atoms. The molecule has 9 heteroatoms. The zero-order chi connectivity index (χ0) is 21.8. The van der Waals surface area contributed by atoms with Gasteiger partial charge in [0, 0.05) is 36.7 Å². The number of hydrogen-bond acceptors (Lipinski definition) is 5. The third kappa shape index (κ3) is 4.47. The first kappa shape index (κ1) is 21.1. The molecule has 8 nitrogen and oxygen atoms in total. The van der Waals surface area contributed by atoms with Crippen molar-refractivity contribution in [1.29, 1.82) is 0 Å². The van der Waals surface area contributed by atoms with Crippen LogP contribution in [0.3, 0.4) is 0 Å². The summed E-state index contributed by atoms with van der Waals surface area (Å²) in [5, 5.41) is 6.94. The molecule has 1 amide bonds. The molecule has 0 spiro atoms. The topological polar surface area (TPSA) is 93.5 Å². The van der Waals surface area contributed by atoms with Gasteiger partial charge in [0.2, 0.25) is 10.0 Å². The van der Waals surface area contributed by atoms with Crippen molar-refractivity contribution in [2.75, 3.05) is 25.5 Å². The van der Waals surface area contributed by atoms with Crippen molar-refractivity contribution < 1.29 is 17.9 Å². The van der Waals surface area contributed by atoms with E-state index in [2.05, 4.69) is 10.4 Å². The van der Waals surface area contributed by atoms with Crippen LogP contribution in [0.5, 0.6) is 5.75 Å². The van der Waals surface area contributed by atoms with Gasteiger partial charge in [-0.05, 0) is 61.4 Å². The molecular formula is C22H24N4O4S. The number of hydrogen-bond donors (Lipinski definition) is 1. The van der Waals surface area contributed by atoms with Crippen molar-refractivity contribution in [3.05, 3.63) is 66.5 Å². The van der Waals surface area contributed by atoms with Crippen molar-refractivity contribution in [2.45, 2.75) is 24.2 Å². The number of anilines is 1. The summed E-state index contributed by atoms with van der Waals surface area (Å²) in [5.74, 6) is -0.0781. The summed E-state index contributed by atoms with van der Waals surface area (Å²) in [4.78, 5) is 12.8. The van der Waals surface area contributed by atoms with E-state index in [0.717, 1.165) is 24.9 Å². The number of nitrogens with one attached hydrogen (secondary N) is 1. The number of sulfonamides is 1. The van der Waals surface area contributed by atoms with Gasteiger partial charge in [0.1, 0.15) is 10.6 Å². The van der Waals surface area contributed by atoms with Gasteiger partial charge in [-0.2, -0.15) is 9.40 Å². The second-order valence-electron chi connectivity index (χ2n) is 7.28. The molecule has 0 atom stereocenters.